The molecular formula is C15H18O. The van der Waals surface area contributed by atoms with Crippen molar-refractivity contribution in [3.8, 4) is 5.75 Å². The fraction of sp³-hybridized carbons (Fsp3) is 0.333. The van der Waals surface area contributed by atoms with Crippen LogP contribution in [0.3, 0.4) is 0 Å². The lowest BCUT2D eigenvalue weighted by Crippen LogP contribution is -1.93. The molecule has 0 saturated heterocycles. The number of aryl methyl sites for hydroxylation is 2. The van der Waals surface area contributed by atoms with Gasteiger partial charge in [0, 0.05) is 5.39 Å². The molecule has 16 heavy (non-hydrogen) atoms. The molecule has 0 aliphatic rings. The highest BCUT2D eigenvalue weighted by Crippen LogP contribution is 2.33. The predicted molar refractivity (Wildman–Crippen MR) is 69.1 cm³/mol. The van der Waals surface area contributed by atoms with Crippen LogP contribution in [0, 0.1) is 6.92 Å². The quantitative estimate of drug-likeness (QED) is 0.801. The van der Waals surface area contributed by atoms with E-state index in [4.69, 9.17) is 0 Å². The highest BCUT2D eigenvalue weighted by molar-refractivity contribution is 5.90. The second-order valence-corrected chi connectivity index (χ2v) is 4.29. The molecule has 0 amide bonds. The Balaban J connectivity index is 2.82. The van der Waals surface area contributed by atoms with Crippen molar-refractivity contribution in [1.82, 2.24) is 0 Å². The number of aromatic hydroxyl groups is 1. The van der Waals surface area contributed by atoms with Gasteiger partial charge in [0.05, 0.1) is 0 Å². The molecule has 2 aromatic rings. The lowest BCUT2D eigenvalue weighted by Gasteiger charge is -2.12. The Bertz CT molecular complexity index is 526. The monoisotopic (exact) mass is 214 g/mol. The summed E-state index contributed by atoms with van der Waals surface area (Å²) in [6.07, 6.45) is 1.86. The molecule has 2 rings (SSSR count). The van der Waals surface area contributed by atoms with Crippen LogP contribution < -0.4 is 0 Å². The lowest BCUT2D eigenvalue weighted by molar-refractivity contribution is 0.474. The molecule has 0 aliphatic carbocycles. The molecule has 0 fully saturated rings. The maximum Gasteiger partial charge on any atom is 0.126 e. The summed E-state index contributed by atoms with van der Waals surface area (Å²) in [5.74, 6) is 0.473. The van der Waals surface area contributed by atoms with Gasteiger partial charge in [0.25, 0.3) is 0 Å². The zero-order valence-electron chi connectivity index (χ0n) is 10.2. The van der Waals surface area contributed by atoms with Gasteiger partial charge in [0.2, 0.25) is 0 Å². The van der Waals surface area contributed by atoms with Crippen LogP contribution in [-0.2, 0) is 12.8 Å². The maximum atomic E-state index is 10.3. The highest BCUT2D eigenvalue weighted by Gasteiger charge is 2.10. The predicted octanol–water partition coefficient (Wildman–Crippen LogP) is 3.98. The Morgan fingerprint density at radius 3 is 2.44 bits per heavy atom. The molecular weight excluding hydrogens is 196 g/mol. The standard InChI is InChI=1S/C15H18O/c1-4-11-9-12-7-6-10(3)8-14(12)15(16)13(11)5-2/h6-9,16H,4-5H2,1-3H3. The summed E-state index contributed by atoms with van der Waals surface area (Å²) in [6, 6.07) is 8.44. The molecule has 0 bridgehead atoms. The van der Waals surface area contributed by atoms with E-state index < -0.39 is 0 Å². The van der Waals surface area contributed by atoms with Crippen LogP contribution in [-0.4, -0.2) is 5.11 Å². The van der Waals surface area contributed by atoms with Gasteiger partial charge in [-0.25, -0.2) is 0 Å². The van der Waals surface area contributed by atoms with Crippen molar-refractivity contribution in [2.75, 3.05) is 0 Å². The first-order chi connectivity index (χ1) is 7.67. The lowest BCUT2D eigenvalue weighted by atomic mass is 9.95. The molecule has 1 N–H and O–H groups in total. The number of fused-ring (bicyclic) bond motifs is 1. The van der Waals surface area contributed by atoms with Gasteiger partial charge in [-0.1, -0.05) is 37.6 Å². The number of hydrogen-bond acceptors (Lipinski definition) is 1. The summed E-state index contributed by atoms with van der Waals surface area (Å²) < 4.78 is 0. The largest absolute Gasteiger partial charge is 0.507 e. The minimum atomic E-state index is 0.473. The van der Waals surface area contributed by atoms with Crippen molar-refractivity contribution >= 4 is 10.8 Å². The summed E-state index contributed by atoms with van der Waals surface area (Å²) in [5.41, 5.74) is 3.55. The fourth-order valence-corrected chi connectivity index (χ4v) is 2.30. The van der Waals surface area contributed by atoms with Crippen LogP contribution in [0.25, 0.3) is 10.8 Å². The first-order valence-corrected chi connectivity index (χ1v) is 5.91. The first-order valence-electron chi connectivity index (χ1n) is 5.91. The van der Waals surface area contributed by atoms with E-state index in [0.717, 1.165) is 29.2 Å². The third kappa shape index (κ3) is 1.67. The average Bonchev–Trinajstić information content (AvgIpc) is 2.29. The van der Waals surface area contributed by atoms with Gasteiger partial charge >= 0.3 is 0 Å². The average molecular weight is 214 g/mol. The number of phenolic OH excluding ortho intramolecular Hbond substituents is 1. The van der Waals surface area contributed by atoms with Crippen LogP contribution in [0.5, 0.6) is 5.75 Å². The van der Waals surface area contributed by atoms with Gasteiger partial charge in [0.1, 0.15) is 5.75 Å². The van der Waals surface area contributed by atoms with Crippen molar-refractivity contribution in [3.63, 3.8) is 0 Å². The molecule has 2 aromatic carbocycles. The van der Waals surface area contributed by atoms with E-state index in [1.54, 1.807) is 0 Å². The maximum absolute atomic E-state index is 10.3. The molecule has 0 aliphatic heterocycles. The van der Waals surface area contributed by atoms with Crippen molar-refractivity contribution in [2.45, 2.75) is 33.6 Å². The van der Waals surface area contributed by atoms with Crippen LogP contribution >= 0.6 is 0 Å². The van der Waals surface area contributed by atoms with Gasteiger partial charge in [-0.3, -0.25) is 0 Å². The van der Waals surface area contributed by atoms with Crippen molar-refractivity contribution in [1.29, 1.82) is 0 Å². The zero-order valence-corrected chi connectivity index (χ0v) is 10.2. The van der Waals surface area contributed by atoms with Gasteiger partial charge in [0.15, 0.2) is 0 Å². The van der Waals surface area contributed by atoms with E-state index in [9.17, 15) is 5.11 Å². The zero-order chi connectivity index (χ0) is 11.7. The van der Waals surface area contributed by atoms with E-state index >= 15 is 0 Å². The van der Waals surface area contributed by atoms with E-state index in [1.165, 1.54) is 11.1 Å². The Morgan fingerprint density at radius 1 is 1.06 bits per heavy atom. The molecule has 1 nitrogen and oxygen atoms in total. The van der Waals surface area contributed by atoms with Crippen LogP contribution in [0.2, 0.25) is 0 Å². The topological polar surface area (TPSA) is 20.2 Å². The minimum absolute atomic E-state index is 0.473. The smallest absolute Gasteiger partial charge is 0.126 e. The first kappa shape index (κ1) is 11.0. The van der Waals surface area contributed by atoms with Crippen molar-refractivity contribution in [3.05, 3.63) is 41.0 Å². The molecule has 0 saturated carbocycles. The van der Waals surface area contributed by atoms with E-state index in [0.29, 0.717) is 5.75 Å². The summed E-state index contributed by atoms with van der Waals surface area (Å²) >= 11 is 0. The number of rotatable bonds is 2. The Hall–Kier alpha value is -1.50. The van der Waals surface area contributed by atoms with E-state index in [-0.39, 0.29) is 0 Å². The van der Waals surface area contributed by atoms with Gasteiger partial charge < -0.3 is 5.11 Å². The molecule has 0 spiro atoms. The summed E-state index contributed by atoms with van der Waals surface area (Å²) in [5, 5.41) is 12.4. The van der Waals surface area contributed by atoms with Crippen LogP contribution in [0.15, 0.2) is 24.3 Å². The molecule has 0 radical (unpaired) electrons. The van der Waals surface area contributed by atoms with E-state index in [1.807, 2.05) is 0 Å². The molecule has 0 atom stereocenters. The summed E-state index contributed by atoms with van der Waals surface area (Å²) in [4.78, 5) is 0. The third-order valence-electron chi connectivity index (χ3n) is 3.20. The molecule has 0 unspecified atom stereocenters. The van der Waals surface area contributed by atoms with Crippen molar-refractivity contribution < 1.29 is 5.11 Å². The summed E-state index contributed by atoms with van der Waals surface area (Å²) in [6.45, 7) is 6.28. The summed E-state index contributed by atoms with van der Waals surface area (Å²) in [7, 11) is 0. The molecule has 1 heteroatoms. The SMILES string of the molecule is CCc1cc2ccc(C)cc2c(O)c1CC. The number of benzene rings is 2. The number of phenols is 1. The molecule has 0 aromatic heterocycles. The fourth-order valence-electron chi connectivity index (χ4n) is 2.30. The van der Waals surface area contributed by atoms with E-state index in [2.05, 4.69) is 45.0 Å². The normalized spacial score (nSPS) is 10.9. The van der Waals surface area contributed by atoms with Gasteiger partial charge in [-0.2, -0.15) is 0 Å². The second kappa shape index (κ2) is 4.17. The van der Waals surface area contributed by atoms with Crippen LogP contribution in [0.1, 0.15) is 30.5 Å². The molecule has 84 valence electrons. The Morgan fingerprint density at radius 2 is 1.81 bits per heavy atom. The Labute approximate surface area is 96.7 Å². The van der Waals surface area contributed by atoms with Gasteiger partial charge in [-0.15, -0.1) is 0 Å². The van der Waals surface area contributed by atoms with Crippen LogP contribution in [0.4, 0.5) is 0 Å². The highest BCUT2D eigenvalue weighted by atomic mass is 16.3. The minimum Gasteiger partial charge on any atom is -0.507 e. The second-order valence-electron chi connectivity index (χ2n) is 4.29. The van der Waals surface area contributed by atoms with Gasteiger partial charge in [-0.05, 0) is 42.3 Å². The Kier molecular flexibility index (Phi) is 2.86. The van der Waals surface area contributed by atoms with Crippen molar-refractivity contribution in [2.24, 2.45) is 0 Å². The molecule has 0 heterocycles. The third-order valence-corrected chi connectivity index (χ3v) is 3.20. The number of hydrogen-bond donors (Lipinski definition) is 1.